The number of aliphatic hydroxyl groups is 1. The Bertz CT molecular complexity index is 588. The van der Waals surface area contributed by atoms with Crippen molar-refractivity contribution in [1.82, 2.24) is 4.90 Å². The molecule has 6 nitrogen and oxygen atoms in total. The Kier molecular flexibility index (Phi) is 6.16. The molecule has 1 fully saturated rings. The van der Waals surface area contributed by atoms with Crippen molar-refractivity contribution in [2.45, 2.75) is 45.3 Å². The molecule has 1 N–H and O–H groups in total. The van der Waals surface area contributed by atoms with Crippen LogP contribution in [0, 0.1) is 5.92 Å². The SMILES string of the molecule is COc1cccc([C@@H](O)C2CCN(C(=O)OC(C)(C)C)CC2)c1OC. The van der Waals surface area contributed by atoms with E-state index in [2.05, 4.69) is 0 Å². The van der Waals surface area contributed by atoms with Gasteiger partial charge in [-0.25, -0.2) is 4.79 Å². The number of hydrogen-bond donors (Lipinski definition) is 1. The maximum Gasteiger partial charge on any atom is 0.410 e. The summed E-state index contributed by atoms with van der Waals surface area (Å²) >= 11 is 0. The third kappa shape index (κ3) is 4.78. The zero-order valence-corrected chi connectivity index (χ0v) is 15.7. The first-order chi connectivity index (χ1) is 11.8. The van der Waals surface area contributed by atoms with Crippen molar-refractivity contribution in [3.05, 3.63) is 23.8 Å². The van der Waals surface area contributed by atoms with Crippen LogP contribution in [0.4, 0.5) is 4.79 Å². The standard InChI is InChI=1S/C19H29NO5/c1-19(2,3)25-18(22)20-11-9-13(10-12-20)16(21)14-7-6-8-15(23-4)17(14)24-5/h6-8,13,16,21H,9-12H2,1-5H3/t16-/m0/s1. The molecule has 1 aromatic carbocycles. The van der Waals surface area contributed by atoms with Crippen molar-refractivity contribution in [2.75, 3.05) is 27.3 Å². The van der Waals surface area contributed by atoms with Gasteiger partial charge in [0, 0.05) is 18.7 Å². The first kappa shape index (κ1) is 19.4. The van der Waals surface area contributed by atoms with Gasteiger partial charge in [-0.2, -0.15) is 0 Å². The highest BCUT2D eigenvalue weighted by molar-refractivity contribution is 5.68. The van der Waals surface area contributed by atoms with Crippen molar-refractivity contribution in [1.29, 1.82) is 0 Å². The third-order valence-corrected chi connectivity index (χ3v) is 4.39. The van der Waals surface area contributed by atoms with Crippen LogP contribution in [0.2, 0.25) is 0 Å². The fourth-order valence-electron chi connectivity index (χ4n) is 3.12. The van der Waals surface area contributed by atoms with E-state index in [-0.39, 0.29) is 12.0 Å². The van der Waals surface area contributed by atoms with Gasteiger partial charge >= 0.3 is 6.09 Å². The number of methoxy groups -OCH3 is 2. The predicted octanol–water partition coefficient (Wildman–Crippen LogP) is 3.38. The minimum absolute atomic E-state index is 0.0553. The van der Waals surface area contributed by atoms with Crippen LogP contribution in [-0.2, 0) is 4.74 Å². The lowest BCUT2D eigenvalue weighted by Crippen LogP contribution is -2.42. The molecule has 140 valence electrons. The Labute approximate surface area is 149 Å². The van der Waals surface area contributed by atoms with Gasteiger partial charge in [-0.05, 0) is 45.6 Å². The molecule has 0 saturated carbocycles. The molecule has 25 heavy (non-hydrogen) atoms. The summed E-state index contributed by atoms with van der Waals surface area (Å²) in [4.78, 5) is 13.9. The number of carbonyl (C=O) groups excluding carboxylic acids is 1. The largest absolute Gasteiger partial charge is 0.493 e. The molecule has 0 unspecified atom stereocenters. The second-order valence-corrected chi connectivity index (χ2v) is 7.33. The molecule has 1 aliphatic heterocycles. The van der Waals surface area contributed by atoms with Gasteiger partial charge in [0.15, 0.2) is 11.5 Å². The van der Waals surface area contributed by atoms with Crippen LogP contribution in [0.3, 0.4) is 0 Å². The van der Waals surface area contributed by atoms with Crippen LogP contribution >= 0.6 is 0 Å². The van der Waals surface area contributed by atoms with Gasteiger partial charge in [0.2, 0.25) is 0 Å². The van der Waals surface area contributed by atoms with Crippen molar-refractivity contribution >= 4 is 6.09 Å². The molecule has 1 heterocycles. The summed E-state index contributed by atoms with van der Waals surface area (Å²) in [6.07, 6.45) is 0.465. The monoisotopic (exact) mass is 351 g/mol. The molecule has 0 aromatic heterocycles. The molecule has 1 atom stereocenters. The molecule has 0 spiro atoms. The van der Waals surface area contributed by atoms with Crippen LogP contribution < -0.4 is 9.47 Å². The van der Waals surface area contributed by atoms with Gasteiger partial charge in [0.05, 0.1) is 20.3 Å². The number of hydrogen-bond acceptors (Lipinski definition) is 5. The molecule has 0 aliphatic carbocycles. The van der Waals surface area contributed by atoms with Crippen LogP contribution in [0.1, 0.15) is 45.3 Å². The van der Waals surface area contributed by atoms with Crippen molar-refractivity contribution in [3.8, 4) is 11.5 Å². The molecule has 0 bridgehead atoms. The Morgan fingerprint density at radius 1 is 1.20 bits per heavy atom. The second kappa shape index (κ2) is 7.95. The highest BCUT2D eigenvalue weighted by Crippen LogP contribution is 2.40. The fourth-order valence-corrected chi connectivity index (χ4v) is 3.12. The minimum Gasteiger partial charge on any atom is -0.493 e. The first-order valence-corrected chi connectivity index (χ1v) is 8.63. The normalized spacial score (nSPS) is 17.1. The van der Waals surface area contributed by atoms with E-state index in [1.165, 1.54) is 0 Å². The van der Waals surface area contributed by atoms with Crippen LogP contribution in [0.5, 0.6) is 11.5 Å². The smallest absolute Gasteiger partial charge is 0.410 e. The number of para-hydroxylation sites is 1. The van der Waals surface area contributed by atoms with E-state index in [0.29, 0.717) is 37.4 Å². The van der Waals surface area contributed by atoms with Crippen molar-refractivity contribution in [3.63, 3.8) is 0 Å². The molecule has 1 aromatic rings. The van der Waals surface area contributed by atoms with E-state index < -0.39 is 11.7 Å². The van der Waals surface area contributed by atoms with Gasteiger partial charge in [-0.3, -0.25) is 0 Å². The second-order valence-electron chi connectivity index (χ2n) is 7.33. The average molecular weight is 351 g/mol. The van der Waals surface area contributed by atoms with E-state index in [4.69, 9.17) is 14.2 Å². The summed E-state index contributed by atoms with van der Waals surface area (Å²) in [5.74, 6) is 1.22. The quantitative estimate of drug-likeness (QED) is 0.900. The minimum atomic E-state index is -0.661. The highest BCUT2D eigenvalue weighted by Gasteiger charge is 2.32. The molecule has 6 heteroatoms. The summed E-state index contributed by atoms with van der Waals surface area (Å²) < 4.78 is 16.1. The molecule has 2 rings (SSSR count). The summed E-state index contributed by atoms with van der Waals surface area (Å²) in [5, 5.41) is 10.8. The maximum absolute atomic E-state index is 12.1. The number of amides is 1. The number of rotatable bonds is 4. The number of benzene rings is 1. The molecule has 0 radical (unpaired) electrons. The number of piperidine rings is 1. The zero-order valence-electron chi connectivity index (χ0n) is 15.7. The Hall–Kier alpha value is -1.95. The summed E-state index contributed by atoms with van der Waals surface area (Å²) in [7, 11) is 3.15. The molecule has 1 saturated heterocycles. The third-order valence-electron chi connectivity index (χ3n) is 4.39. The van der Waals surface area contributed by atoms with E-state index in [0.717, 1.165) is 5.56 Å². The Morgan fingerprint density at radius 2 is 1.84 bits per heavy atom. The lowest BCUT2D eigenvalue weighted by atomic mass is 9.87. The topological polar surface area (TPSA) is 68.2 Å². The summed E-state index contributed by atoms with van der Waals surface area (Å²) in [5.41, 5.74) is 0.221. The van der Waals surface area contributed by atoms with Gasteiger partial charge < -0.3 is 24.2 Å². The van der Waals surface area contributed by atoms with E-state index in [9.17, 15) is 9.90 Å². The molecular formula is C19H29NO5. The van der Waals surface area contributed by atoms with E-state index in [1.54, 1.807) is 25.2 Å². The van der Waals surface area contributed by atoms with Crippen molar-refractivity contribution < 1.29 is 24.1 Å². The van der Waals surface area contributed by atoms with Crippen molar-refractivity contribution in [2.24, 2.45) is 5.92 Å². The Balaban J connectivity index is 2.02. The number of aliphatic hydroxyl groups excluding tert-OH is 1. The van der Waals surface area contributed by atoms with Crippen LogP contribution in [0.15, 0.2) is 18.2 Å². The summed E-state index contributed by atoms with van der Waals surface area (Å²) in [6, 6.07) is 5.50. The van der Waals surface area contributed by atoms with E-state index >= 15 is 0 Å². The molecular weight excluding hydrogens is 322 g/mol. The zero-order chi connectivity index (χ0) is 18.6. The number of nitrogens with zero attached hydrogens (tertiary/aromatic N) is 1. The fraction of sp³-hybridized carbons (Fsp3) is 0.632. The van der Waals surface area contributed by atoms with Gasteiger partial charge in [0.25, 0.3) is 0 Å². The highest BCUT2D eigenvalue weighted by atomic mass is 16.6. The molecule has 1 aliphatic rings. The lowest BCUT2D eigenvalue weighted by molar-refractivity contribution is 0.00735. The Morgan fingerprint density at radius 3 is 2.36 bits per heavy atom. The predicted molar refractivity (Wildman–Crippen MR) is 95.0 cm³/mol. The van der Waals surface area contributed by atoms with E-state index in [1.807, 2.05) is 32.9 Å². The number of carbonyl (C=O) groups is 1. The average Bonchev–Trinajstić information content (AvgIpc) is 2.58. The van der Waals surface area contributed by atoms with Crippen LogP contribution in [-0.4, -0.2) is 49.0 Å². The molecule has 1 amide bonds. The van der Waals surface area contributed by atoms with Gasteiger partial charge in [-0.15, -0.1) is 0 Å². The first-order valence-electron chi connectivity index (χ1n) is 8.63. The lowest BCUT2D eigenvalue weighted by Gasteiger charge is -2.35. The van der Waals surface area contributed by atoms with Gasteiger partial charge in [0.1, 0.15) is 5.60 Å². The summed E-state index contributed by atoms with van der Waals surface area (Å²) in [6.45, 7) is 6.72. The number of ether oxygens (including phenoxy) is 3. The maximum atomic E-state index is 12.1. The van der Waals surface area contributed by atoms with Crippen LogP contribution in [0.25, 0.3) is 0 Å². The van der Waals surface area contributed by atoms with Gasteiger partial charge in [-0.1, -0.05) is 12.1 Å². The number of likely N-dealkylation sites (tertiary alicyclic amines) is 1.